The first-order chi connectivity index (χ1) is 9.08. The molecule has 0 spiro atoms. The quantitative estimate of drug-likeness (QED) is 0.794. The number of methoxy groups -OCH3 is 1. The molecule has 0 fully saturated rings. The van der Waals surface area contributed by atoms with E-state index in [4.69, 9.17) is 16.3 Å². The van der Waals surface area contributed by atoms with Gasteiger partial charge in [-0.05, 0) is 36.7 Å². The first kappa shape index (κ1) is 16.3. The average Bonchev–Trinajstić information content (AvgIpc) is 2.35. The summed E-state index contributed by atoms with van der Waals surface area (Å²) in [5.41, 5.74) is 2.47. The third-order valence-corrected chi connectivity index (χ3v) is 3.14. The van der Waals surface area contributed by atoms with E-state index in [1.807, 2.05) is 19.2 Å². The molecule has 0 radical (unpaired) electrons. The molecule has 4 heteroatoms. The maximum atomic E-state index is 6.10. The maximum Gasteiger partial charge on any atom is 0.0637 e. The Labute approximate surface area is 121 Å². The van der Waals surface area contributed by atoms with Crippen LogP contribution in [-0.4, -0.2) is 33.9 Å². The molecule has 0 aliphatic carbocycles. The summed E-state index contributed by atoms with van der Waals surface area (Å²) in [6.45, 7) is 7.92. The van der Waals surface area contributed by atoms with Gasteiger partial charge in [0.05, 0.1) is 6.61 Å². The van der Waals surface area contributed by atoms with E-state index >= 15 is 0 Å². The molecule has 108 valence electrons. The molecule has 0 aliphatic heterocycles. The predicted molar refractivity (Wildman–Crippen MR) is 83.1 cm³/mol. The van der Waals surface area contributed by atoms with Crippen molar-refractivity contribution in [1.82, 2.24) is 5.32 Å². The van der Waals surface area contributed by atoms with Gasteiger partial charge in [-0.3, -0.25) is 0 Å². The summed E-state index contributed by atoms with van der Waals surface area (Å²) in [6.07, 6.45) is 0. The first-order valence-corrected chi connectivity index (χ1v) is 7.13. The molecule has 1 aromatic rings. The standard InChI is InChI=1S/C15H25ClN2O/c1-12(2)11-18(7-8-19-4)15-6-5-14(16)9-13(15)10-17-3/h5-6,9,12,17H,7-8,10-11H2,1-4H3. The lowest BCUT2D eigenvalue weighted by atomic mass is 10.1. The van der Waals surface area contributed by atoms with Gasteiger partial charge >= 0.3 is 0 Å². The Balaban J connectivity index is 2.98. The van der Waals surface area contributed by atoms with Crippen molar-refractivity contribution in [3.63, 3.8) is 0 Å². The van der Waals surface area contributed by atoms with Crippen LogP contribution in [0.5, 0.6) is 0 Å². The number of nitrogens with zero attached hydrogens (tertiary/aromatic N) is 1. The highest BCUT2D eigenvalue weighted by Crippen LogP contribution is 2.25. The molecule has 0 saturated carbocycles. The molecule has 0 bridgehead atoms. The van der Waals surface area contributed by atoms with Gasteiger partial charge in [-0.2, -0.15) is 0 Å². The van der Waals surface area contributed by atoms with Crippen molar-refractivity contribution in [2.24, 2.45) is 5.92 Å². The van der Waals surface area contributed by atoms with Gasteiger partial charge in [-0.25, -0.2) is 0 Å². The summed E-state index contributed by atoms with van der Waals surface area (Å²) in [5, 5.41) is 3.98. The summed E-state index contributed by atoms with van der Waals surface area (Å²) >= 11 is 6.10. The number of ether oxygens (including phenoxy) is 1. The van der Waals surface area contributed by atoms with E-state index in [-0.39, 0.29) is 0 Å². The highest BCUT2D eigenvalue weighted by atomic mass is 35.5. The average molecular weight is 285 g/mol. The summed E-state index contributed by atoms with van der Waals surface area (Å²) < 4.78 is 5.22. The van der Waals surface area contributed by atoms with Crippen molar-refractivity contribution in [3.05, 3.63) is 28.8 Å². The summed E-state index contributed by atoms with van der Waals surface area (Å²) in [6, 6.07) is 6.09. The third-order valence-electron chi connectivity index (χ3n) is 2.90. The minimum atomic E-state index is 0.606. The Hall–Kier alpha value is -0.770. The first-order valence-electron chi connectivity index (χ1n) is 6.75. The zero-order chi connectivity index (χ0) is 14.3. The fraction of sp³-hybridized carbons (Fsp3) is 0.600. The van der Waals surface area contributed by atoms with Crippen LogP contribution >= 0.6 is 11.6 Å². The van der Waals surface area contributed by atoms with Crippen LogP contribution in [0.15, 0.2) is 18.2 Å². The second-order valence-corrected chi connectivity index (χ2v) is 5.57. The van der Waals surface area contributed by atoms with Crippen molar-refractivity contribution >= 4 is 17.3 Å². The van der Waals surface area contributed by atoms with E-state index in [9.17, 15) is 0 Å². The molecule has 0 amide bonds. The molecule has 3 nitrogen and oxygen atoms in total. The van der Waals surface area contributed by atoms with Gasteiger partial charge in [0.25, 0.3) is 0 Å². The van der Waals surface area contributed by atoms with Gasteiger partial charge in [-0.1, -0.05) is 25.4 Å². The Kier molecular flexibility index (Phi) is 7.21. The lowest BCUT2D eigenvalue weighted by Gasteiger charge is -2.28. The molecule has 1 aromatic carbocycles. The second kappa shape index (κ2) is 8.41. The smallest absolute Gasteiger partial charge is 0.0637 e. The fourth-order valence-electron chi connectivity index (χ4n) is 2.15. The van der Waals surface area contributed by atoms with Gasteiger partial charge in [-0.15, -0.1) is 0 Å². The maximum absolute atomic E-state index is 6.10. The molecule has 0 saturated heterocycles. The van der Waals surface area contributed by atoms with Gasteiger partial charge in [0.2, 0.25) is 0 Å². The van der Waals surface area contributed by atoms with Crippen molar-refractivity contribution in [3.8, 4) is 0 Å². The van der Waals surface area contributed by atoms with E-state index in [1.54, 1.807) is 7.11 Å². The highest BCUT2D eigenvalue weighted by Gasteiger charge is 2.12. The number of halogens is 1. The predicted octanol–water partition coefficient (Wildman–Crippen LogP) is 3.17. The van der Waals surface area contributed by atoms with Crippen molar-refractivity contribution in [2.75, 3.05) is 38.8 Å². The molecule has 1 N–H and O–H groups in total. The van der Waals surface area contributed by atoms with Crippen LogP contribution in [0.25, 0.3) is 0 Å². The Bertz CT molecular complexity index is 382. The number of hydrogen-bond acceptors (Lipinski definition) is 3. The second-order valence-electron chi connectivity index (χ2n) is 5.14. The Morgan fingerprint density at radius 1 is 1.37 bits per heavy atom. The molecule has 0 atom stereocenters. The van der Waals surface area contributed by atoms with Gasteiger partial charge in [0.1, 0.15) is 0 Å². The van der Waals surface area contributed by atoms with Crippen LogP contribution in [0, 0.1) is 5.92 Å². The summed E-state index contributed by atoms with van der Waals surface area (Å²) in [5.74, 6) is 0.606. The number of benzene rings is 1. The van der Waals surface area contributed by atoms with E-state index in [0.717, 1.165) is 31.3 Å². The van der Waals surface area contributed by atoms with Crippen molar-refractivity contribution in [2.45, 2.75) is 20.4 Å². The summed E-state index contributed by atoms with van der Waals surface area (Å²) in [7, 11) is 3.69. The lowest BCUT2D eigenvalue weighted by molar-refractivity contribution is 0.204. The van der Waals surface area contributed by atoms with Crippen LogP contribution in [0.4, 0.5) is 5.69 Å². The van der Waals surface area contributed by atoms with Crippen LogP contribution < -0.4 is 10.2 Å². The molecule has 0 unspecified atom stereocenters. The molecule has 0 heterocycles. The lowest BCUT2D eigenvalue weighted by Crippen LogP contribution is -2.32. The van der Waals surface area contributed by atoms with Crippen LogP contribution in [0.1, 0.15) is 19.4 Å². The van der Waals surface area contributed by atoms with E-state index in [1.165, 1.54) is 11.3 Å². The molecule has 19 heavy (non-hydrogen) atoms. The van der Waals surface area contributed by atoms with E-state index in [2.05, 4.69) is 30.1 Å². The molecular weight excluding hydrogens is 260 g/mol. The minimum Gasteiger partial charge on any atom is -0.383 e. The van der Waals surface area contributed by atoms with Crippen LogP contribution in [0.3, 0.4) is 0 Å². The number of hydrogen-bond donors (Lipinski definition) is 1. The van der Waals surface area contributed by atoms with Crippen molar-refractivity contribution in [1.29, 1.82) is 0 Å². The number of nitrogens with one attached hydrogen (secondary N) is 1. The monoisotopic (exact) mass is 284 g/mol. The zero-order valence-corrected chi connectivity index (χ0v) is 13.1. The molecule has 1 rings (SSSR count). The molecule has 0 aromatic heterocycles. The topological polar surface area (TPSA) is 24.5 Å². The molecule has 0 aliphatic rings. The SMILES string of the molecule is CNCc1cc(Cl)ccc1N(CCOC)CC(C)C. The van der Waals surface area contributed by atoms with Gasteiger partial charge in [0.15, 0.2) is 0 Å². The van der Waals surface area contributed by atoms with Gasteiger partial charge < -0.3 is 15.0 Å². The van der Waals surface area contributed by atoms with Crippen LogP contribution in [0.2, 0.25) is 5.02 Å². The van der Waals surface area contributed by atoms with Crippen molar-refractivity contribution < 1.29 is 4.74 Å². The van der Waals surface area contributed by atoms with Crippen LogP contribution in [-0.2, 0) is 11.3 Å². The fourth-order valence-corrected chi connectivity index (χ4v) is 2.34. The zero-order valence-electron chi connectivity index (χ0n) is 12.4. The van der Waals surface area contributed by atoms with E-state index < -0.39 is 0 Å². The van der Waals surface area contributed by atoms with Gasteiger partial charge in [0, 0.05) is 37.5 Å². The normalized spacial score (nSPS) is 11.1. The number of rotatable bonds is 8. The molecular formula is C15H25ClN2O. The highest BCUT2D eigenvalue weighted by molar-refractivity contribution is 6.30. The Morgan fingerprint density at radius 3 is 2.68 bits per heavy atom. The summed E-state index contributed by atoms with van der Waals surface area (Å²) in [4.78, 5) is 2.37. The Morgan fingerprint density at radius 2 is 2.11 bits per heavy atom. The largest absolute Gasteiger partial charge is 0.383 e. The third kappa shape index (κ3) is 5.39. The number of anilines is 1. The minimum absolute atomic E-state index is 0.606. The van der Waals surface area contributed by atoms with E-state index in [0.29, 0.717) is 5.92 Å².